The molecule has 0 aliphatic carbocycles. The van der Waals surface area contributed by atoms with Crippen LogP contribution in [0.4, 0.5) is 0 Å². The maximum atomic E-state index is 14.9. The Kier molecular flexibility index (Phi) is 17.4. The van der Waals surface area contributed by atoms with Crippen molar-refractivity contribution < 1.29 is 28.3 Å². The first-order valence-electron chi connectivity index (χ1n) is 19.0. The molecule has 2 rings (SSSR count). The lowest BCUT2D eigenvalue weighted by atomic mass is 9.72. The summed E-state index contributed by atoms with van der Waals surface area (Å²) in [4.78, 5) is 33.5. The molecule has 2 heterocycles. The normalized spacial score (nSPS) is 27.6. The summed E-state index contributed by atoms with van der Waals surface area (Å²) >= 11 is 1.58. The lowest BCUT2D eigenvalue weighted by Gasteiger charge is -2.45. The summed E-state index contributed by atoms with van der Waals surface area (Å²) in [5.74, 6) is -0.968. The number of hydrogen-bond acceptors (Lipinski definition) is 8. The van der Waals surface area contributed by atoms with Crippen molar-refractivity contribution in [2.45, 2.75) is 182 Å². The molecule has 1 aromatic rings. The molecule has 0 spiro atoms. The Hall–Kier alpha value is -1.18. The number of ether oxygens (including phenoxy) is 1. The molecule has 276 valence electrons. The van der Waals surface area contributed by atoms with E-state index < -0.39 is 52.2 Å². The Morgan fingerprint density at radius 1 is 0.938 bits per heavy atom. The summed E-state index contributed by atoms with van der Waals surface area (Å²) in [6, 6.07) is 5.53. The number of aryl methyl sites for hydroxylation is 1. The Bertz CT molecular complexity index is 1160. The molecule has 1 aromatic heterocycles. The summed E-state index contributed by atoms with van der Waals surface area (Å²) in [5.41, 5.74) is 0.575. The Balaban J connectivity index is 2.64. The van der Waals surface area contributed by atoms with Gasteiger partial charge in [0.25, 0.3) is 0 Å². The predicted molar refractivity (Wildman–Crippen MR) is 205 cm³/mol. The zero-order chi connectivity index (χ0) is 36.3. The number of ketones is 1. The van der Waals surface area contributed by atoms with Crippen LogP contribution < -0.4 is 0 Å². The van der Waals surface area contributed by atoms with Crippen LogP contribution in [0.2, 0.25) is 36.3 Å². The molecule has 10 heteroatoms. The molecule has 0 aromatic carbocycles. The predicted octanol–water partition coefficient (Wildman–Crippen LogP) is 10.1. The van der Waals surface area contributed by atoms with Crippen molar-refractivity contribution in [1.29, 1.82) is 0 Å². The van der Waals surface area contributed by atoms with E-state index in [-0.39, 0.29) is 17.8 Å². The number of Topliss-reactive ketones (excluding diaryl/α,β-unsaturated/α-hetero) is 1. The van der Waals surface area contributed by atoms with Crippen molar-refractivity contribution in [3.63, 3.8) is 0 Å². The topological polar surface area (TPSA) is 95.0 Å². The fraction of sp³-hybridized carbons (Fsp3) is 0.816. The minimum Gasteiger partial charge on any atom is -0.456 e. The maximum absolute atomic E-state index is 14.9. The van der Waals surface area contributed by atoms with E-state index in [1.807, 2.05) is 46.1 Å². The fourth-order valence-electron chi connectivity index (χ4n) is 7.55. The van der Waals surface area contributed by atoms with Crippen LogP contribution in [0.15, 0.2) is 11.0 Å². The van der Waals surface area contributed by atoms with E-state index in [0.29, 0.717) is 6.42 Å². The first-order valence-corrected chi connectivity index (χ1v) is 24.9. The van der Waals surface area contributed by atoms with E-state index in [1.54, 1.807) is 11.3 Å². The second-order valence-corrected chi connectivity index (χ2v) is 25.5. The van der Waals surface area contributed by atoms with Crippen molar-refractivity contribution >= 4 is 45.8 Å². The van der Waals surface area contributed by atoms with Gasteiger partial charge in [0, 0.05) is 11.3 Å². The van der Waals surface area contributed by atoms with Gasteiger partial charge in [-0.25, -0.2) is 9.78 Å². The maximum Gasteiger partial charge on any atom is 0.338 e. The number of aliphatic hydroxyl groups is 1. The molecule has 7 nitrogen and oxygen atoms in total. The summed E-state index contributed by atoms with van der Waals surface area (Å²) in [5, 5.41) is 14.9. The van der Waals surface area contributed by atoms with Gasteiger partial charge in [0.2, 0.25) is 0 Å². The molecule has 1 aliphatic heterocycles. The van der Waals surface area contributed by atoms with Crippen LogP contribution in [0.5, 0.6) is 0 Å². The van der Waals surface area contributed by atoms with Gasteiger partial charge in [-0.2, -0.15) is 0 Å². The standard InChI is InChI=1S/C38H69NO6SSi2/c1-13-47(14-2,15-3)44-34-27(7)23-21-19-20-22-24-32(28(8)25-31-26-46-30(10)39-31)43-37(42)33(40)36(38(11,12)35(41)29(34)9)45-48(16-4,17-5)18-6/h25-27,29,32-34,36,40H,13-24H2,1-12H3. The number of aromatic nitrogens is 1. The molecule has 0 radical (unpaired) electrons. The monoisotopic (exact) mass is 723 g/mol. The van der Waals surface area contributed by atoms with Crippen LogP contribution in [0.1, 0.15) is 125 Å². The second kappa shape index (κ2) is 19.4. The van der Waals surface area contributed by atoms with Crippen LogP contribution in [0.3, 0.4) is 0 Å². The fourth-order valence-corrected chi connectivity index (χ4v) is 14.1. The van der Waals surface area contributed by atoms with E-state index in [9.17, 15) is 14.7 Å². The average molecular weight is 724 g/mol. The van der Waals surface area contributed by atoms with E-state index in [1.165, 1.54) is 0 Å². The number of nitrogens with zero attached hydrogens (tertiary/aromatic N) is 1. The molecule has 48 heavy (non-hydrogen) atoms. The number of esters is 1. The summed E-state index contributed by atoms with van der Waals surface area (Å²) in [7, 11) is -4.42. The van der Waals surface area contributed by atoms with Crippen molar-refractivity contribution in [2.75, 3.05) is 0 Å². The van der Waals surface area contributed by atoms with Crippen LogP contribution in [0, 0.1) is 24.2 Å². The van der Waals surface area contributed by atoms with E-state index in [4.69, 9.17) is 13.6 Å². The van der Waals surface area contributed by atoms with Gasteiger partial charge in [-0.1, -0.05) is 88.5 Å². The molecular weight excluding hydrogens is 655 g/mol. The van der Waals surface area contributed by atoms with E-state index in [0.717, 1.165) is 84.6 Å². The number of rotatable bonds is 12. The molecule has 6 atom stereocenters. The highest BCUT2D eigenvalue weighted by Gasteiger charge is 2.51. The second-order valence-electron chi connectivity index (χ2n) is 15.0. The van der Waals surface area contributed by atoms with Gasteiger partial charge < -0.3 is 18.7 Å². The Labute approximate surface area is 299 Å². The highest BCUT2D eigenvalue weighted by molar-refractivity contribution is 7.09. The third-order valence-corrected chi connectivity index (χ3v) is 21.7. The molecule has 0 bridgehead atoms. The molecule has 1 fully saturated rings. The summed E-state index contributed by atoms with van der Waals surface area (Å²) in [6.07, 6.45) is 4.30. The zero-order valence-electron chi connectivity index (χ0n) is 32.4. The lowest BCUT2D eigenvalue weighted by Crippen LogP contribution is -2.58. The molecule has 1 saturated heterocycles. The third kappa shape index (κ3) is 10.9. The zero-order valence-corrected chi connectivity index (χ0v) is 35.3. The van der Waals surface area contributed by atoms with E-state index >= 15 is 0 Å². The SMILES string of the molecule is CC[Si](CC)(CC)OC1C(C)CCCCCCC(C(C)=Cc2csc(C)n2)OC(=O)C(O)C(O[Si](CC)(CC)CC)C(C)(C)C(=O)C1C. The number of carbonyl (C=O) groups is 2. The lowest BCUT2D eigenvalue weighted by molar-refractivity contribution is -0.170. The van der Waals surface area contributed by atoms with Crippen LogP contribution >= 0.6 is 11.3 Å². The van der Waals surface area contributed by atoms with Crippen LogP contribution in [-0.2, 0) is 23.2 Å². The highest BCUT2D eigenvalue weighted by atomic mass is 32.1. The molecule has 0 amide bonds. The molecule has 1 aliphatic rings. The van der Waals surface area contributed by atoms with Crippen LogP contribution in [0.25, 0.3) is 6.08 Å². The van der Waals surface area contributed by atoms with Gasteiger partial charge >= 0.3 is 5.97 Å². The van der Waals surface area contributed by atoms with Gasteiger partial charge in [0.1, 0.15) is 11.9 Å². The Morgan fingerprint density at radius 2 is 1.46 bits per heavy atom. The van der Waals surface area contributed by atoms with Gasteiger partial charge in [0.15, 0.2) is 22.7 Å². The number of hydrogen-bond donors (Lipinski definition) is 1. The van der Waals surface area contributed by atoms with Crippen molar-refractivity contribution in [3.05, 3.63) is 21.7 Å². The highest BCUT2D eigenvalue weighted by Crippen LogP contribution is 2.40. The largest absolute Gasteiger partial charge is 0.456 e. The van der Waals surface area contributed by atoms with Gasteiger partial charge in [-0.05, 0) is 86.9 Å². The van der Waals surface area contributed by atoms with Crippen molar-refractivity contribution in [1.82, 2.24) is 4.98 Å². The van der Waals surface area contributed by atoms with Gasteiger partial charge in [-0.15, -0.1) is 11.3 Å². The number of cyclic esters (lactones) is 1. The van der Waals surface area contributed by atoms with Crippen LogP contribution in [-0.4, -0.2) is 62.9 Å². The number of carbonyl (C=O) groups excluding carboxylic acids is 2. The third-order valence-electron chi connectivity index (χ3n) is 11.6. The molecule has 6 unspecified atom stereocenters. The first-order chi connectivity index (χ1) is 22.6. The number of thiazole rings is 1. The Morgan fingerprint density at radius 3 is 1.96 bits per heavy atom. The summed E-state index contributed by atoms with van der Waals surface area (Å²) < 4.78 is 20.3. The van der Waals surface area contributed by atoms with Gasteiger partial charge in [-0.3, -0.25) is 4.79 Å². The molecule has 0 saturated carbocycles. The van der Waals surface area contributed by atoms with Gasteiger partial charge in [0.05, 0.1) is 28.3 Å². The first kappa shape index (κ1) is 43.0. The van der Waals surface area contributed by atoms with Crippen molar-refractivity contribution in [2.24, 2.45) is 17.3 Å². The summed E-state index contributed by atoms with van der Waals surface area (Å²) in [6.45, 7) is 25.0. The quantitative estimate of drug-likeness (QED) is 0.169. The smallest absolute Gasteiger partial charge is 0.338 e. The average Bonchev–Trinajstić information content (AvgIpc) is 3.49. The molecule has 1 N–H and O–H groups in total. The van der Waals surface area contributed by atoms with Crippen molar-refractivity contribution in [3.8, 4) is 0 Å². The van der Waals surface area contributed by atoms with E-state index in [2.05, 4.69) is 53.5 Å². The minimum atomic E-state index is -2.38. The number of aliphatic hydroxyl groups excluding tert-OH is 1. The molecular formula is C38H69NO6SSi2. The minimum absolute atomic E-state index is 0.0211.